The van der Waals surface area contributed by atoms with E-state index in [0.717, 1.165) is 0 Å². The summed E-state index contributed by atoms with van der Waals surface area (Å²) in [5, 5.41) is 0. The maximum Gasteiger partial charge on any atom is 0.443 e. The van der Waals surface area contributed by atoms with Gasteiger partial charge in [0, 0.05) is 0 Å². The molecule has 1 aromatic carbocycles. The molecule has 1 atom stereocenters. The van der Waals surface area contributed by atoms with Crippen LogP contribution in [0.3, 0.4) is 0 Å². The smallest absolute Gasteiger partial charge is 0.293 e. The van der Waals surface area contributed by atoms with E-state index in [-0.39, 0.29) is 11.8 Å². The Bertz CT molecular complexity index is 533. The molecule has 0 spiro atoms. The van der Waals surface area contributed by atoms with E-state index in [1.807, 2.05) is 0 Å². The van der Waals surface area contributed by atoms with Crippen molar-refractivity contribution < 1.29 is 18.0 Å². The van der Waals surface area contributed by atoms with Crippen molar-refractivity contribution in [3.8, 4) is 0 Å². The third kappa shape index (κ3) is 2.19. The van der Waals surface area contributed by atoms with Gasteiger partial charge >= 0.3 is 5.51 Å². The summed E-state index contributed by atoms with van der Waals surface area (Å²) in [4.78, 5) is 12.1. The van der Waals surface area contributed by atoms with Gasteiger partial charge in [-0.05, 0) is 48.4 Å². The number of halogens is 3. The number of Topliss-reactive ketones (excluding diaryl/α,β-unsaturated/α-hetero) is 1. The fourth-order valence-electron chi connectivity index (χ4n) is 2.19. The van der Waals surface area contributed by atoms with Gasteiger partial charge in [-0.1, -0.05) is 24.3 Å². The first-order chi connectivity index (χ1) is 8.24. The molecule has 0 radical (unpaired) electrons. The fraction of sp³-hybridized carbons (Fsp3) is 0.308. The Morgan fingerprint density at radius 1 is 1.22 bits per heavy atom. The largest absolute Gasteiger partial charge is 0.443 e. The van der Waals surface area contributed by atoms with Gasteiger partial charge in [0.15, 0.2) is 5.78 Å². The summed E-state index contributed by atoms with van der Waals surface area (Å²) in [6, 6.07) is 6.70. The first kappa shape index (κ1) is 13.2. The van der Waals surface area contributed by atoms with Gasteiger partial charge in [0.05, 0.1) is 0 Å². The van der Waals surface area contributed by atoms with Crippen LogP contribution in [0.15, 0.2) is 29.8 Å². The third-order valence-corrected chi connectivity index (χ3v) is 4.00. The molecule has 1 aromatic rings. The van der Waals surface area contributed by atoms with E-state index in [9.17, 15) is 18.0 Å². The molecule has 18 heavy (non-hydrogen) atoms. The maximum atomic E-state index is 12.7. The van der Waals surface area contributed by atoms with Crippen molar-refractivity contribution in [3.63, 3.8) is 0 Å². The minimum atomic E-state index is -4.45. The molecule has 96 valence electrons. The number of rotatable bonds is 1. The van der Waals surface area contributed by atoms with E-state index in [1.165, 1.54) is 6.92 Å². The lowest BCUT2D eigenvalue weighted by molar-refractivity contribution is -0.118. The van der Waals surface area contributed by atoms with E-state index in [2.05, 4.69) is 0 Å². The summed E-state index contributed by atoms with van der Waals surface area (Å²) in [5.41, 5.74) is -3.00. The van der Waals surface area contributed by atoms with Gasteiger partial charge in [0.25, 0.3) is 0 Å². The molecule has 2 rings (SSSR count). The highest BCUT2D eigenvalue weighted by Gasteiger charge is 2.48. The quantitative estimate of drug-likeness (QED) is 0.764. The summed E-state index contributed by atoms with van der Waals surface area (Å²) in [6.45, 7) is 2.89. The van der Waals surface area contributed by atoms with Crippen LogP contribution < -0.4 is 0 Å². The number of allylic oxidation sites excluding steroid dienone is 1. The second kappa shape index (κ2) is 4.16. The maximum absolute atomic E-state index is 12.7. The molecule has 0 saturated heterocycles. The van der Waals surface area contributed by atoms with Crippen molar-refractivity contribution in [2.24, 2.45) is 0 Å². The molecular formula is C13H11F3OS. The molecule has 1 nitrogen and oxygen atoms in total. The number of hydrogen-bond acceptors (Lipinski definition) is 2. The average molecular weight is 272 g/mol. The standard InChI is InChI=1S/C13H11F3OS/c1-8-7-9-5-3-4-6-10(9)12(2,11(8)17)18-13(14,15)16/h3-7H,1-2H3. The topological polar surface area (TPSA) is 17.1 Å². The molecule has 0 N–H and O–H groups in total. The summed E-state index contributed by atoms with van der Waals surface area (Å²) in [6.07, 6.45) is 1.64. The van der Waals surface area contributed by atoms with Crippen molar-refractivity contribution in [1.82, 2.24) is 0 Å². The van der Waals surface area contributed by atoms with Crippen molar-refractivity contribution in [2.45, 2.75) is 24.1 Å². The Labute approximate surface area is 107 Å². The lowest BCUT2D eigenvalue weighted by atomic mass is 9.83. The lowest BCUT2D eigenvalue weighted by Gasteiger charge is -2.33. The van der Waals surface area contributed by atoms with E-state index in [0.29, 0.717) is 16.7 Å². The number of benzene rings is 1. The van der Waals surface area contributed by atoms with Crippen LogP contribution >= 0.6 is 11.8 Å². The van der Waals surface area contributed by atoms with Gasteiger partial charge in [0.1, 0.15) is 4.75 Å². The average Bonchev–Trinajstić information content (AvgIpc) is 2.24. The Morgan fingerprint density at radius 2 is 1.83 bits per heavy atom. The highest BCUT2D eigenvalue weighted by Crippen LogP contribution is 2.51. The number of carbonyl (C=O) groups is 1. The van der Waals surface area contributed by atoms with Crippen molar-refractivity contribution >= 4 is 23.6 Å². The zero-order valence-corrected chi connectivity index (χ0v) is 10.7. The van der Waals surface area contributed by atoms with E-state index < -0.39 is 16.0 Å². The van der Waals surface area contributed by atoms with Crippen LogP contribution in [0.5, 0.6) is 0 Å². The SMILES string of the molecule is CC1=Cc2ccccc2C(C)(SC(F)(F)F)C1=O. The highest BCUT2D eigenvalue weighted by molar-refractivity contribution is 8.01. The molecular weight excluding hydrogens is 261 g/mol. The van der Waals surface area contributed by atoms with E-state index >= 15 is 0 Å². The molecule has 5 heteroatoms. The van der Waals surface area contributed by atoms with Crippen molar-refractivity contribution in [2.75, 3.05) is 0 Å². The van der Waals surface area contributed by atoms with Crippen LogP contribution in [0.1, 0.15) is 25.0 Å². The number of thioether (sulfide) groups is 1. The normalized spacial score (nSPS) is 23.6. The highest BCUT2D eigenvalue weighted by atomic mass is 32.2. The van der Waals surface area contributed by atoms with Crippen LogP contribution in [-0.4, -0.2) is 11.3 Å². The zero-order valence-electron chi connectivity index (χ0n) is 9.84. The van der Waals surface area contributed by atoms with Crippen molar-refractivity contribution in [3.05, 3.63) is 41.0 Å². The molecule has 1 unspecified atom stereocenters. The third-order valence-electron chi connectivity index (χ3n) is 2.96. The van der Waals surface area contributed by atoms with Crippen LogP contribution in [-0.2, 0) is 9.54 Å². The molecule has 0 aliphatic heterocycles. The molecule has 1 aliphatic carbocycles. The molecule has 0 aromatic heterocycles. The van der Waals surface area contributed by atoms with Gasteiger partial charge < -0.3 is 0 Å². The Balaban J connectivity index is 2.59. The van der Waals surface area contributed by atoms with Crippen molar-refractivity contribution in [1.29, 1.82) is 0 Å². The van der Waals surface area contributed by atoms with Crippen LogP contribution in [0.25, 0.3) is 6.08 Å². The summed E-state index contributed by atoms with van der Waals surface area (Å²) in [5.74, 6) is -0.483. The number of carbonyl (C=O) groups excluding carboxylic acids is 1. The zero-order chi connectivity index (χ0) is 13.6. The van der Waals surface area contributed by atoms with Crippen LogP contribution in [0.2, 0.25) is 0 Å². The first-order valence-electron chi connectivity index (χ1n) is 5.33. The number of alkyl halides is 3. The lowest BCUT2D eigenvalue weighted by Crippen LogP contribution is -2.35. The van der Waals surface area contributed by atoms with Gasteiger partial charge in [-0.15, -0.1) is 0 Å². The molecule has 1 aliphatic rings. The minimum absolute atomic E-state index is 0.256. The minimum Gasteiger partial charge on any atom is -0.293 e. The van der Waals surface area contributed by atoms with Crippen LogP contribution in [0, 0.1) is 0 Å². The van der Waals surface area contributed by atoms with Gasteiger partial charge in [-0.25, -0.2) is 0 Å². The van der Waals surface area contributed by atoms with Gasteiger partial charge in [-0.2, -0.15) is 13.2 Å². The molecule has 0 heterocycles. The van der Waals surface area contributed by atoms with E-state index in [1.54, 1.807) is 37.3 Å². The van der Waals surface area contributed by atoms with Crippen LogP contribution in [0.4, 0.5) is 13.2 Å². The number of fused-ring (bicyclic) bond motifs is 1. The molecule has 0 fully saturated rings. The Morgan fingerprint density at radius 3 is 2.44 bits per heavy atom. The summed E-state index contributed by atoms with van der Waals surface area (Å²) >= 11 is -0.256. The predicted octanol–water partition coefficient (Wildman–Crippen LogP) is 4.14. The first-order valence-corrected chi connectivity index (χ1v) is 6.15. The molecule has 0 bridgehead atoms. The molecule has 0 saturated carbocycles. The predicted molar refractivity (Wildman–Crippen MR) is 66.1 cm³/mol. The molecule has 0 amide bonds. The van der Waals surface area contributed by atoms with E-state index in [4.69, 9.17) is 0 Å². The second-order valence-corrected chi connectivity index (χ2v) is 5.81. The number of hydrogen-bond donors (Lipinski definition) is 0. The monoisotopic (exact) mass is 272 g/mol. The van der Waals surface area contributed by atoms with Gasteiger partial charge in [-0.3, -0.25) is 4.79 Å². The second-order valence-electron chi connectivity index (χ2n) is 4.32. The van der Waals surface area contributed by atoms with Gasteiger partial charge in [0.2, 0.25) is 0 Å². The summed E-state index contributed by atoms with van der Waals surface area (Å²) < 4.78 is 36.4. The number of ketones is 1. The Kier molecular flexibility index (Phi) is 3.05. The fourth-order valence-corrected chi connectivity index (χ4v) is 3.20. The Hall–Kier alpha value is -1.23. The summed E-state index contributed by atoms with van der Waals surface area (Å²) in [7, 11) is 0.